The van der Waals surface area contributed by atoms with Crippen molar-refractivity contribution in [3.63, 3.8) is 0 Å². The van der Waals surface area contributed by atoms with Crippen LogP contribution in [0.4, 0.5) is 0 Å². The largest absolute Gasteiger partial charge is 0.465 e. The molecule has 0 unspecified atom stereocenters. The van der Waals surface area contributed by atoms with Crippen molar-refractivity contribution in [3.8, 4) is 11.1 Å². The number of carbonyl (C=O) groups is 2. The van der Waals surface area contributed by atoms with Crippen molar-refractivity contribution < 1.29 is 14.3 Å². The summed E-state index contributed by atoms with van der Waals surface area (Å²) in [6.45, 7) is 2.06. The predicted octanol–water partition coefficient (Wildman–Crippen LogP) is 5.44. The number of benzene rings is 3. The van der Waals surface area contributed by atoms with Gasteiger partial charge in [-0.1, -0.05) is 69.7 Å². The van der Waals surface area contributed by atoms with Crippen molar-refractivity contribution in [2.24, 2.45) is 4.99 Å². The highest BCUT2D eigenvalue weighted by Gasteiger charge is 2.13. The van der Waals surface area contributed by atoms with Crippen LogP contribution >= 0.6 is 27.3 Å². The molecule has 0 bridgehead atoms. The molecule has 0 radical (unpaired) electrons. The van der Waals surface area contributed by atoms with Gasteiger partial charge in [0.15, 0.2) is 4.80 Å². The highest BCUT2D eigenvalue weighted by Crippen LogP contribution is 2.23. The lowest BCUT2D eigenvalue weighted by atomic mass is 10.0. The van der Waals surface area contributed by atoms with Gasteiger partial charge in [0.2, 0.25) is 0 Å². The molecule has 0 fully saturated rings. The van der Waals surface area contributed by atoms with Crippen LogP contribution in [0.2, 0.25) is 0 Å². The van der Waals surface area contributed by atoms with Gasteiger partial charge in [-0.3, -0.25) is 9.59 Å². The molecular formula is C24H19BrN2O3S. The van der Waals surface area contributed by atoms with E-state index in [0.29, 0.717) is 17.0 Å². The quantitative estimate of drug-likeness (QED) is 0.347. The smallest absolute Gasteiger partial charge is 0.326 e. The second-order valence-electron chi connectivity index (χ2n) is 6.75. The molecule has 31 heavy (non-hydrogen) atoms. The van der Waals surface area contributed by atoms with E-state index in [2.05, 4.69) is 20.9 Å². The number of hydrogen-bond donors (Lipinski definition) is 0. The average Bonchev–Trinajstić information content (AvgIpc) is 3.10. The van der Waals surface area contributed by atoms with Crippen LogP contribution in [0.1, 0.15) is 17.3 Å². The van der Waals surface area contributed by atoms with E-state index in [1.165, 1.54) is 11.3 Å². The lowest BCUT2D eigenvalue weighted by molar-refractivity contribution is -0.143. The van der Waals surface area contributed by atoms with Crippen molar-refractivity contribution in [1.82, 2.24) is 4.57 Å². The van der Waals surface area contributed by atoms with E-state index in [4.69, 9.17) is 4.74 Å². The number of hydrogen-bond acceptors (Lipinski definition) is 4. The topological polar surface area (TPSA) is 60.7 Å². The van der Waals surface area contributed by atoms with Crippen molar-refractivity contribution in [3.05, 3.63) is 87.6 Å². The van der Waals surface area contributed by atoms with E-state index >= 15 is 0 Å². The first-order valence-electron chi connectivity index (χ1n) is 9.74. The van der Waals surface area contributed by atoms with Crippen LogP contribution in [-0.2, 0) is 16.1 Å². The summed E-state index contributed by atoms with van der Waals surface area (Å²) < 4.78 is 8.66. The molecule has 0 spiro atoms. The highest BCUT2D eigenvalue weighted by atomic mass is 79.9. The Morgan fingerprint density at radius 2 is 1.71 bits per heavy atom. The molecule has 1 aromatic heterocycles. The first kappa shape index (κ1) is 21.2. The molecule has 7 heteroatoms. The van der Waals surface area contributed by atoms with Crippen LogP contribution in [0.25, 0.3) is 21.3 Å². The zero-order valence-corrected chi connectivity index (χ0v) is 19.2. The van der Waals surface area contributed by atoms with Crippen LogP contribution in [0.5, 0.6) is 0 Å². The van der Waals surface area contributed by atoms with Gasteiger partial charge in [-0.05, 0) is 48.4 Å². The van der Waals surface area contributed by atoms with Gasteiger partial charge in [0.05, 0.1) is 16.8 Å². The Bertz CT molecular complexity index is 1310. The van der Waals surface area contributed by atoms with Crippen molar-refractivity contribution >= 4 is 49.4 Å². The van der Waals surface area contributed by atoms with Gasteiger partial charge in [0.1, 0.15) is 6.54 Å². The molecule has 1 heterocycles. The summed E-state index contributed by atoms with van der Waals surface area (Å²) in [5.74, 6) is -0.728. The van der Waals surface area contributed by atoms with E-state index in [0.717, 1.165) is 25.8 Å². The molecule has 5 nitrogen and oxygen atoms in total. The minimum atomic E-state index is -0.369. The fourth-order valence-corrected chi connectivity index (χ4v) is 4.79. The van der Waals surface area contributed by atoms with E-state index in [1.807, 2.05) is 60.7 Å². The Kier molecular flexibility index (Phi) is 6.44. The summed E-state index contributed by atoms with van der Waals surface area (Å²) in [6, 6.07) is 23.1. The Balaban J connectivity index is 1.70. The molecule has 3 aromatic carbocycles. The van der Waals surface area contributed by atoms with Crippen LogP contribution in [-0.4, -0.2) is 23.1 Å². The number of halogens is 1. The van der Waals surface area contributed by atoms with Crippen LogP contribution in [0, 0.1) is 0 Å². The number of thiazole rings is 1. The summed E-state index contributed by atoms with van der Waals surface area (Å²) in [7, 11) is 0. The Labute approximate surface area is 191 Å². The molecule has 0 saturated heterocycles. The van der Waals surface area contributed by atoms with Crippen LogP contribution in [0.15, 0.2) is 82.3 Å². The van der Waals surface area contributed by atoms with Crippen LogP contribution in [0.3, 0.4) is 0 Å². The van der Waals surface area contributed by atoms with Gasteiger partial charge in [-0.25, -0.2) is 0 Å². The van der Waals surface area contributed by atoms with Gasteiger partial charge in [0, 0.05) is 10.0 Å². The molecule has 0 aliphatic carbocycles. The zero-order chi connectivity index (χ0) is 21.8. The Morgan fingerprint density at radius 3 is 2.42 bits per heavy atom. The second kappa shape index (κ2) is 9.41. The molecular weight excluding hydrogens is 476 g/mol. The van der Waals surface area contributed by atoms with Crippen LogP contribution < -0.4 is 4.80 Å². The van der Waals surface area contributed by atoms with E-state index in [1.54, 1.807) is 23.6 Å². The van der Waals surface area contributed by atoms with Gasteiger partial charge in [-0.15, -0.1) is 0 Å². The first-order valence-corrected chi connectivity index (χ1v) is 11.3. The molecule has 4 rings (SSSR count). The maximum absolute atomic E-state index is 12.9. The van der Waals surface area contributed by atoms with Gasteiger partial charge < -0.3 is 9.30 Å². The number of aromatic nitrogens is 1. The summed E-state index contributed by atoms with van der Waals surface area (Å²) in [5.41, 5.74) is 3.43. The highest BCUT2D eigenvalue weighted by molar-refractivity contribution is 9.10. The third-order valence-corrected chi connectivity index (χ3v) is 6.21. The summed E-state index contributed by atoms with van der Waals surface area (Å²) >= 11 is 4.82. The number of ether oxygens (including phenoxy) is 1. The molecule has 0 N–H and O–H groups in total. The van der Waals surface area contributed by atoms with E-state index < -0.39 is 0 Å². The predicted molar refractivity (Wildman–Crippen MR) is 126 cm³/mol. The molecule has 1 amide bonds. The number of carbonyl (C=O) groups excluding carboxylic acids is 2. The van der Waals surface area contributed by atoms with Gasteiger partial charge in [-0.2, -0.15) is 4.99 Å². The number of nitrogens with zero attached hydrogens (tertiary/aromatic N) is 2. The number of rotatable bonds is 5. The lowest BCUT2D eigenvalue weighted by Gasteiger charge is -2.05. The molecule has 156 valence electrons. The zero-order valence-electron chi connectivity index (χ0n) is 16.7. The minimum absolute atomic E-state index is 0.00543. The third kappa shape index (κ3) is 4.84. The molecule has 0 atom stereocenters. The van der Waals surface area contributed by atoms with Gasteiger partial charge >= 0.3 is 5.97 Å². The number of amides is 1. The summed E-state index contributed by atoms with van der Waals surface area (Å²) in [6.07, 6.45) is 0. The average molecular weight is 495 g/mol. The number of fused-ring (bicyclic) bond motifs is 1. The maximum atomic E-state index is 12.9. The summed E-state index contributed by atoms with van der Waals surface area (Å²) in [4.78, 5) is 29.8. The Morgan fingerprint density at radius 1 is 1.00 bits per heavy atom. The SMILES string of the molecule is CCOC(=O)Cn1c(=NC(=O)c2ccc(-c3ccccc3)cc2)sc2cc(Br)ccc21. The fourth-order valence-electron chi connectivity index (χ4n) is 3.21. The molecule has 0 saturated carbocycles. The monoisotopic (exact) mass is 494 g/mol. The molecule has 0 aliphatic rings. The normalized spacial score (nSPS) is 11.6. The van der Waals surface area contributed by atoms with Crippen molar-refractivity contribution in [2.75, 3.05) is 6.61 Å². The minimum Gasteiger partial charge on any atom is -0.465 e. The third-order valence-electron chi connectivity index (χ3n) is 4.67. The molecule has 0 aliphatic heterocycles. The maximum Gasteiger partial charge on any atom is 0.326 e. The molecule has 4 aromatic rings. The van der Waals surface area contributed by atoms with Crippen molar-refractivity contribution in [1.29, 1.82) is 0 Å². The van der Waals surface area contributed by atoms with E-state index in [-0.39, 0.29) is 18.4 Å². The standard InChI is InChI=1S/C24H19BrN2O3S/c1-2-30-22(28)15-27-20-13-12-19(25)14-21(20)31-24(27)26-23(29)18-10-8-17(9-11-18)16-6-4-3-5-7-16/h3-14H,2,15H2,1H3. The fraction of sp³-hybridized carbons (Fsp3) is 0.125. The second-order valence-corrected chi connectivity index (χ2v) is 8.67. The lowest BCUT2D eigenvalue weighted by Crippen LogP contribution is -2.23. The number of esters is 1. The summed E-state index contributed by atoms with van der Waals surface area (Å²) in [5, 5.41) is 0. The van der Waals surface area contributed by atoms with Crippen molar-refractivity contribution in [2.45, 2.75) is 13.5 Å². The van der Waals surface area contributed by atoms with E-state index in [9.17, 15) is 9.59 Å². The first-order chi connectivity index (χ1) is 15.0. The Hall–Kier alpha value is -3.03. The van der Waals surface area contributed by atoms with Gasteiger partial charge in [0.25, 0.3) is 5.91 Å².